The van der Waals surface area contributed by atoms with Crippen LogP contribution >= 0.6 is 11.8 Å². The lowest BCUT2D eigenvalue weighted by atomic mass is 10.3. The summed E-state index contributed by atoms with van der Waals surface area (Å²) >= 11 is 1.07. The maximum absolute atomic E-state index is 11.8. The number of thioether (sulfide) groups is 1. The van der Waals surface area contributed by atoms with Crippen LogP contribution in [0.2, 0.25) is 0 Å². The number of hydrogen-bond acceptors (Lipinski definition) is 5. The number of sulfonamides is 1. The highest BCUT2D eigenvalue weighted by atomic mass is 32.2. The zero-order valence-corrected chi connectivity index (χ0v) is 12.2. The number of rotatable bonds is 7. The summed E-state index contributed by atoms with van der Waals surface area (Å²) in [5.41, 5.74) is 5.24. The van der Waals surface area contributed by atoms with Crippen LogP contribution in [-0.2, 0) is 19.6 Å². The van der Waals surface area contributed by atoms with Crippen molar-refractivity contribution >= 4 is 39.3 Å². The topological polar surface area (TPSA) is 127 Å². The van der Waals surface area contributed by atoms with E-state index in [1.807, 2.05) is 0 Å². The molecule has 0 aliphatic rings. The number of primary amides is 1. The van der Waals surface area contributed by atoms with Crippen LogP contribution in [0.25, 0.3) is 0 Å². The minimum absolute atomic E-state index is 0.00672. The number of hydrogen-bond donors (Lipinski definition) is 3. The molecule has 20 heavy (non-hydrogen) atoms. The molecule has 1 unspecified atom stereocenters. The molecule has 1 aromatic carbocycles. The van der Waals surface area contributed by atoms with E-state index in [9.17, 15) is 18.0 Å². The van der Waals surface area contributed by atoms with Gasteiger partial charge in [-0.25, -0.2) is 8.42 Å². The molecule has 110 valence electrons. The van der Waals surface area contributed by atoms with E-state index in [4.69, 9.17) is 10.8 Å². The fourth-order valence-electron chi connectivity index (χ4n) is 1.20. The van der Waals surface area contributed by atoms with Gasteiger partial charge in [0.15, 0.2) is 5.25 Å². The van der Waals surface area contributed by atoms with Crippen molar-refractivity contribution in [1.29, 1.82) is 0 Å². The van der Waals surface area contributed by atoms with Gasteiger partial charge in [0, 0.05) is 4.90 Å². The van der Waals surface area contributed by atoms with Crippen LogP contribution in [0.1, 0.15) is 6.92 Å². The number of benzene rings is 1. The summed E-state index contributed by atoms with van der Waals surface area (Å²) in [4.78, 5) is 22.0. The Bertz CT molecular complexity index is 615. The number of amides is 1. The number of aliphatic carboxylic acids is 1. The fourth-order valence-corrected chi connectivity index (χ4v) is 2.94. The molecule has 0 fully saturated rings. The quantitative estimate of drug-likeness (QED) is 0.628. The van der Waals surface area contributed by atoms with Gasteiger partial charge in [0.05, 0.1) is 11.4 Å². The van der Waals surface area contributed by atoms with Crippen molar-refractivity contribution in [1.82, 2.24) is 0 Å². The number of carbonyl (C=O) groups excluding carboxylic acids is 1. The molecular weight excluding hydrogens is 304 g/mol. The van der Waals surface area contributed by atoms with E-state index in [0.717, 1.165) is 18.7 Å². The lowest BCUT2D eigenvalue weighted by Gasteiger charge is -2.14. The molecule has 0 aliphatic heterocycles. The van der Waals surface area contributed by atoms with Crippen LogP contribution in [0.5, 0.6) is 0 Å². The van der Waals surface area contributed by atoms with Gasteiger partial charge in [-0.2, -0.15) is 0 Å². The van der Waals surface area contributed by atoms with Gasteiger partial charge in [-0.05, 0) is 19.1 Å². The number of nitrogens with two attached hydrogens (primary N) is 1. The maximum atomic E-state index is 11.8. The third-order valence-electron chi connectivity index (χ3n) is 2.32. The summed E-state index contributed by atoms with van der Waals surface area (Å²) in [6.07, 6.45) is 0. The maximum Gasteiger partial charge on any atom is 0.323 e. The van der Waals surface area contributed by atoms with Crippen molar-refractivity contribution in [3.63, 3.8) is 0 Å². The molecule has 0 saturated carbocycles. The summed E-state index contributed by atoms with van der Waals surface area (Å²) in [6.45, 7) is 1.07. The second kappa shape index (κ2) is 6.62. The average Bonchev–Trinajstić information content (AvgIpc) is 2.36. The van der Waals surface area contributed by atoms with Crippen molar-refractivity contribution in [3.05, 3.63) is 24.3 Å². The van der Waals surface area contributed by atoms with E-state index in [2.05, 4.69) is 4.72 Å². The zero-order valence-electron chi connectivity index (χ0n) is 10.6. The van der Waals surface area contributed by atoms with E-state index in [1.165, 1.54) is 6.07 Å². The van der Waals surface area contributed by atoms with E-state index in [-0.39, 0.29) is 11.4 Å². The van der Waals surface area contributed by atoms with E-state index < -0.39 is 27.1 Å². The molecule has 0 spiro atoms. The predicted octanol–water partition coefficient (Wildman–Crippen LogP) is 0.479. The van der Waals surface area contributed by atoms with Gasteiger partial charge in [-0.1, -0.05) is 12.1 Å². The van der Waals surface area contributed by atoms with Crippen molar-refractivity contribution in [3.8, 4) is 0 Å². The number of carboxylic acid groups (broad SMARTS) is 1. The Labute approximate surface area is 120 Å². The molecule has 7 nitrogen and oxygen atoms in total. The molecule has 1 rings (SSSR count). The normalized spacial score (nSPS) is 12.7. The fraction of sp³-hybridized carbons (Fsp3) is 0.273. The van der Waals surface area contributed by atoms with E-state index >= 15 is 0 Å². The number of para-hydroxylation sites is 1. The molecule has 1 amide bonds. The van der Waals surface area contributed by atoms with Gasteiger partial charge in [0.1, 0.15) is 0 Å². The highest BCUT2D eigenvalue weighted by Crippen LogP contribution is 2.28. The number of carboxylic acids is 1. The second-order valence-corrected chi connectivity index (χ2v) is 6.90. The van der Waals surface area contributed by atoms with Crippen LogP contribution in [0.15, 0.2) is 29.2 Å². The zero-order chi connectivity index (χ0) is 15.3. The monoisotopic (exact) mass is 318 g/mol. The number of anilines is 1. The lowest BCUT2D eigenvalue weighted by molar-refractivity contribution is -0.136. The highest BCUT2D eigenvalue weighted by Gasteiger charge is 2.28. The molecule has 0 aliphatic carbocycles. The van der Waals surface area contributed by atoms with Crippen LogP contribution in [-0.4, -0.2) is 36.4 Å². The molecule has 1 aromatic rings. The van der Waals surface area contributed by atoms with Gasteiger partial charge in [-0.3, -0.25) is 14.3 Å². The first kappa shape index (κ1) is 16.3. The van der Waals surface area contributed by atoms with Gasteiger partial charge in [0.2, 0.25) is 15.9 Å². The van der Waals surface area contributed by atoms with Crippen LogP contribution in [0.3, 0.4) is 0 Å². The van der Waals surface area contributed by atoms with Crippen molar-refractivity contribution in [2.45, 2.75) is 17.1 Å². The Kier molecular flexibility index (Phi) is 5.40. The molecule has 0 bridgehead atoms. The number of nitrogens with one attached hydrogen (secondary N) is 1. The summed E-state index contributed by atoms with van der Waals surface area (Å²) < 4.78 is 25.9. The van der Waals surface area contributed by atoms with Crippen molar-refractivity contribution in [2.75, 3.05) is 10.5 Å². The van der Waals surface area contributed by atoms with E-state index in [0.29, 0.717) is 4.90 Å². The van der Waals surface area contributed by atoms with Crippen LogP contribution in [0, 0.1) is 0 Å². The third-order valence-corrected chi connectivity index (χ3v) is 5.06. The molecule has 0 radical (unpaired) electrons. The summed E-state index contributed by atoms with van der Waals surface area (Å²) in [5, 5.41) is 7.17. The minimum Gasteiger partial charge on any atom is -0.480 e. The molecule has 0 heterocycles. The average molecular weight is 318 g/mol. The Morgan fingerprint density at radius 2 is 2.00 bits per heavy atom. The number of carbonyl (C=O) groups is 2. The molecular formula is C11H14N2O5S2. The first-order valence-corrected chi connectivity index (χ1v) is 8.02. The van der Waals surface area contributed by atoms with Crippen LogP contribution in [0.4, 0.5) is 5.69 Å². The Morgan fingerprint density at radius 3 is 2.55 bits per heavy atom. The molecule has 4 N–H and O–H groups in total. The minimum atomic E-state index is -4.05. The first-order valence-electron chi connectivity index (χ1n) is 5.48. The summed E-state index contributed by atoms with van der Waals surface area (Å²) in [5.74, 6) is -1.99. The highest BCUT2D eigenvalue weighted by molar-refractivity contribution is 8.00. The van der Waals surface area contributed by atoms with Gasteiger partial charge < -0.3 is 10.8 Å². The largest absolute Gasteiger partial charge is 0.480 e. The summed E-state index contributed by atoms with van der Waals surface area (Å²) in [6, 6.07) is 6.35. The SMILES string of the molecule is CC(C(=O)O)S(=O)(=O)Nc1ccccc1SCC(N)=O. The second-order valence-electron chi connectivity index (χ2n) is 3.88. The first-order chi connectivity index (χ1) is 9.24. The van der Waals surface area contributed by atoms with Crippen molar-refractivity contribution < 1.29 is 23.1 Å². The molecule has 1 atom stereocenters. The van der Waals surface area contributed by atoms with E-state index in [1.54, 1.807) is 18.2 Å². The molecule has 0 aromatic heterocycles. The van der Waals surface area contributed by atoms with Gasteiger partial charge in [0.25, 0.3) is 0 Å². The Balaban J connectivity index is 2.98. The standard InChI is InChI=1S/C11H14N2O5S2/c1-7(11(15)16)20(17,18)13-8-4-2-3-5-9(8)19-6-10(12)14/h2-5,7,13H,6H2,1H3,(H2,12,14)(H,15,16). The molecule has 0 saturated heterocycles. The molecule has 9 heteroatoms. The van der Waals surface area contributed by atoms with Gasteiger partial charge in [-0.15, -0.1) is 11.8 Å². The predicted molar refractivity (Wildman–Crippen MR) is 76.0 cm³/mol. The third kappa shape index (κ3) is 4.42. The van der Waals surface area contributed by atoms with Crippen molar-refractivity contribution in [2.24, 2.45) is 5.73 Å². The smallest absolute Gasteiger partial charge is 0.323 e. The van der Waals surface area contributed by atoms with Gasteiger partial charge >= 0.3 is 5.97 Å². The van der Waals surface area contributed by atoms with Crippen LogP contribution < -0.4 is 10.5 Å². The lowest BCUT2D eigenvalue weighted by Crippen LogP contribution is -2.32. The Hall–Kier alpha value is -1.74. The summed E-state index contributed by atoms with van der Waals surface area (Å²) in [7, 11) is -4.05. The Morgan fingerprint density at radius 1 is 1.40 bits per heavy atom.